The van der Waals surface area contributed by atoms with Crippen LogP contribution in [-0.2, 0) is 9.59 Å². The number of carboxylic acids is 1. The van der Waals surface area contributed by atoms with Crippen LogP contribution in [0.2, 0.25) is 0 Å². The summed E-state index contributed by atoms with van der Waals surface area (Å²) in [7, 11) is 0. The molecule has 1 aliphatic rings. The fourth-order valence-corrected chi connectivity index (χ4v) is 4.54. The molecule has 0 saturated heterocycles. The second-order valence-corrected chi connectivity index (χ2v) is 8.64. The van der Waals surface area contributed by atoms with Crippen molar-refractivity contribution in [2.24, 2.45) is 0 Å². The number of thioether (sulfide) groups is 1. The Kier molecular flexibility index (Phi) is 10.0. The van der Waals surface area contributed by atoms with Crippen LogP contribution in [-0.4, -0.2) is 33.8 Å². The lowest BCUT2D eigenvalue weighted by molar-refractivity contribution is -0.137. The molecular weight excluding hydrogens is 436 g/mol. The van der Waals surface area contributed by atoms with Gasteiger partial charge in [0.05, 0.1) is 11.0 Å². The second-order valence-electron chi connectivity index (χ2n) is 7.61. The lowest BCUT2D eigenvalue weighted by Gasteiger charge is -2.13. The predicted octanol–water partition coefficient (Wildman–Crippen LogP) is 5.56. The van der Waals surface area contributed by atoms with E-state index in [1.807, 2.05) is 0 Å². The van der Waals surface area contributed by atoms with Crippen LogP contribution < -0.4 is 0 Å². The predicted molar refractivity (Wildman–Crippen MR) is 109 cm³/mol. The third-order valence-electron chi connectivity index (χ3n) is 5.26. The van der Waals surface area contributed by atoms with Crippen molar-refractivity contribution in [3.63, 3.8) is 0 Å². The van der Waals surface area contributed by atoms with Gasteiger partial charge in [0.1, 0.15) is 0 Å². The molecule has 0 aromatic heterocycles. The number of Topliss-reactive ketones (excluding diaryl/α,β-unsaturated/α-hetero) is 1. The van der Waals surface area contributed by atoms with Crippen LogP contribution in [0, 0.1) is 23.3 Å². The molecule has 1 aromatic rings. The molecule has 1 unspecified atom stereocenters. The summed E-state index contributed by atoms with van der Waals surface area (Å²) in [5.41, 5.74) is 1.73. The second kappa shape index (κ2) is 12.2. The van der Waals surface area contributed by atoms with Crippen LogP contribution in [0.1, 0.15) is 64.2 Å². The number of carbonyl (C=O) groups is 2. The van der Waals surface area contributed by atoms with Gasteiger partial charge in [-0.25, -0.2) is 17.6 Å². The van der Waals surface area contributed by atoms with Gasteiger partial charge in [-0.3, -0.25) is 9.59 Å². The van der Waals surface area contributed by atoms with E-state index in [0.29, 0.717) is 43.9 Å². The third kappa shape index (κ3) is 7.64. The molecule has 0 heterocycles. The molecule has 2 rings (SSSR count). The molecule has 0 saturated carbocycles. The number of halogens is 4. The standard InChI is InChI=1S/C22H26F4O4S/c23-16-11-17(24)21(26)22(20(16)25)31-12-14(27)9-7-13-8-10-18(28)15(13)5-3-1-2-4-6-19(29)30/h11,14,27H,1-10,12H2,(H,29,30). The lowest BCUT2D eigenvalue weighted by Crippen LogP contribution is -2.11. The van der Waals surface area contributed by atoms with Gasteiger partial charge in [-0.05, 0) is 44.1 Å². The number of hydrogen-bond acceptors (Lipinski definition) is 4. The largest absolute Gasteiger partial charge is 0.481 e. The van der Waals surface area contributed by atoms with E-state index < -0.39 is 40.2 Å². The van der Waals surface area contributed by atoms with Gasteiger partial charge in [0.2, 0.25) is 0 Å². The number of benzene rings is 1. The van der Waals surface area contributed by atoms with E-state index in [0.717, 1.165) is 30.4 Å². The van der Waals surface area contributed by atoms with E-state index in [2.05, 4.69) is 0 Å². The first-order valence-electron chi connectivity index (χ1n) is 10.3. The van der Waals surface area contributed by atoms with Crippen LogP contribution in [0.3, 0.4) is 0 Å². The maximum Gasteiger partial charge on any atom is 0.303 e. The van der Waals surface area contributed by atoms with E-state index in [1.54, 1.807) is 0 Å². The molecular formula is C22H26F4O4S. The number of ketones is 1. The number of aliphatic hydroxyl groups is 1. The topological polar surface area (TPSA) is 74.6 Å². The van der Waals surface area contributed by atoms with Gasteiger partial charge in [-0.2, -0.15) is 0 Å². The first-order chi connectivity index (χ1) is 14.7. The van der Waals surface area contributed by atoms with Gasteiger partial charge in [0.25, 0.3) is 0 Å². The summed E-state index contributed by atoms with van der Waals surface area (Å²) in [6.45, 7) is 0. The third-order valence-corrected chi connectivity index (χ3v) is 6.45. The van der Waals surface area contributed by atoms with E-state index in [9.17, 15) is 32.3 Å². The van der Waals surface area contributed by atoms with Crippen LogP contribution in [0.4, 0.5) is 17.6 Å². The molecule has 172 valence electrons. The Balaban J connectivity index is 1.82. The highest BCUT2D eigenvalue weighted by Crippen LogP contribution is 2.33. The van der Waals surface area contributed by atoms with Crippen molar-refractivity contribution in [1.82, 2.24) is 0 Å². The van der Waals surface area contributed by atoms with Crippen molar-refractivity contribution in [3.05, 3.63) is 40.5 Å². The fourth-order valence-electron chi connectivity index (χ4n) is 3.57. The van der Waals surface area contributed by atoms with Crippen LogP contribution in [0.15, 0.2) is 22.1 Å². The summed E-state index contributed by atoms with van der Waals surface area (Å²) in [5.74, 6) is -6.81. The molecule has 0 spiro atoms. The van der Waals surface area contributed by atoms with Gasteiger partial charge in [0.15, 0.2) is 29.1 Å². The molecule has 1 aliphatic carbocycles. The molecule has 9 heteroatoms. The van der Waals surface area contributed by atoms with E-state index >= 15 is 0 Å². The molecule has 1 aromatic carbocycles. The number of carbonyl (C=O) groups excluding carboxylic acids is 1. The Morgan fingerprint density at radius 3 is 2.29 bits per heavy atom. The molecule has 4 nitrogen and oxygen atoms in total. The smallest absolute Gasteiger partial charge is 0.303 e. The van der Waals surface area contributed by atoms with Crippen LogP contribution >= 0.6 is 11.8 Å². The summed E-state index contributed by atoms with van der Waals surface area (Å²) >= 11 is 0.513. The zero-order valence-electron chi connectivity index (χ0n) is 17.1. The van der Waals surface area contributed by atoms with Crippen LogP contribution in [0.25, 0.3) is 0 Å². The quantitative estimate of drug-likeness (QED) is 0.174. The Bertz CT molecular complexity index is 815. The molecule has 0 amide bonds. The molecule has 31 heavy (non-hydrogen) atoms. The monoisotopic (exact) mass is 462 g/mol. The number of carboxylic acid groups (broad SMARTS) is 1. The van der Waals surface area contributed by atoms with Gasteiger partial charge >= 0.3 is 5.97 Å². The van der Waals surface area contributed by atoms with Gasteiger partial charge < -0.3 is 10.2 Å². The summed E-state index contributed by atoms with van der Waals surface area (Å²) < 4.78 is 53.9. The molecule has 1 atom stereocenters. The zero-order chi connectivity index (χ0) is 23.0. The first-order valence-corrected chi connectivity index (χ1v) is 11.3. The maximum atomic E-state index is 13.7. The van der Waals surface area contributed by atoms with Gasteiger partial charge in [-0.1, -0.05) is 18.4 Å². The maximum absolute atomic E-state index is 13.7. The Morgan fingerprint density at radius 1 is 1.00 bits per heavy atom. The SMILES string of the molecule is O=C(O)CCCCCCC1=C(CCC(O)CSc2c(F)c(F)cc(F)c2F)CCC1=O. The average molecular weight is 463 g/mol. The molecule has 0 aliphatic heterocycles. The number of allylic oxidation sites excluding steroid dienone is 2. The van der Waals surface area contributed by atoms with Crippen molar-refractivity contribution in [1.29, 1.82) is 0 Å². The first kappa shape index (κ1) is 25.4. The van der Waals surface area contributed by atoms with E-state index in [-0.39, 0.29) is 30.4 Å². The highest BCUT2D eigenvalue weighted by Gasteiger charge is 2.24. The van der Waals surface area contributed by atoms with Gasteiger partial charge in [0, 0.05) is 24.7 Å². The average Bonchev–Trinajstić information content (AvgIpc) is 3.06. The van der Waals surface area contributed by atoms with Gasteiger partial charge in [-0.15, -0.1) is 11.8 Å². The van der Waals surface area contributed by atoms with Crippen molar-refractivity contribution in [3.8, 4) is 0 Å². The van der Waals surface area contributed by atoms with Crippen LogP contribution in [0.5, 0.6) is 0 Å². The van der Waals surface area contributed by atoms with Crippen molar-refractivity contribution in [2.45, 2.75) is 75.2 Å². The van der Waals surface area contributed by atoms with E-state index in [1.165, 1.54) is 0 Å². The number of hydrogen-bond donors (Lipinski definition) is 2. The Morgan fingerprint density at radius 2 is 1.65 bits per heavy atom. The Hall–Kier alpha value is -1.87. The molecule has 0 radical (unpaired) electrons. The molecule has 2 N–H and O–H groups in total. The number of aliphatic carboxylic acids is 1. The summed E-state index contributed by atoms with van der Waals surface area (Å²) in [4.78, 5) is 21.8. The summed E-state index contributed by atoms with van der Waals surface area (Å²) in [5, 5.41) is 18.8. The minimum Gasteiger partial charge on any atom is -0.481 e. The highest BCUT2D eigenvalue weighted by molar-refractivity contribution is 7.99. The molecule has 0 fully saturated rings. The number of aliphatic hydroxyl groups excluding tert-OH is 1. The molecule has 0 bridgehead atoms. The lowest BCUT2D eigenvalue weighted by atomic mass is 9.99. The fraction of sp³-hybridized carbons (Fsp3) is 0.545. The normalized spacial score (nSPS) is 15.1. The van der Waals surface area contributed by atoms with E-state index in [4.69, 9.17) is 5.11 Å². The summed E-state index contributed by atoms with van der Waals surface area (Å²) in [6.07, 6.45) is 4.56. The number of rotatable bonds is 13. The van der Waals surface area contributed by atoms with Crippen molar-refractivity contribution < 1.29 is 37.4 Å². The van der Waals surface area contributed by atoms with Crippen molar-refractivity contribution >= 4 is 23.5 Å². The summed E-state index contributed by atoms with van der Waals surface area (Å²) in [6, 6.07) is 0.141. The minimum atomic E-state index is -1.49. The minimum absolute atomic E-state index is 0.0868. The Labute approximate surface area is 182 Å². The number of unbranched alkanes of at least 4 members (excludes halogenated alkanes) is 3. The zero-order valence-corrected chi connectivity index (χ0v) is 17.9. The highest BCUT2D eigenvalue weighted by atomic mass is 32.2. The van der Waals surface area contributed by atoms with Crippen molar-refractivity contribution in [2.75, 3.05) is 5.75 Å².